The van der Waals surface area contributed by atoms with Crippen LogP contribution in [0.25, 0.3) is 0 Å². The zero-order valence-corrected chi connectivity index (χ0v) is 62.1. The molecule has 0 fully saturated rings. The number of unbranched alkanes of at least 4 members (excludes halogenated alkanes) is 24. The summed E-state index contributed by atoms with van der Waals surface area (Å²) in [4.78, 5) is 11.8. The molecule has 0 aromatic rings. The third kappa shape index (κ3) is 159. The summed E-state index contributed by atoms with van der Waals surface area (Å²) in [5, 5.41) is 0. The first-order valence-electron chi connectivity index (χ1n) is 36.7. The number of nitrogens with two attached hydrogens (primary N) is 1. The van der Waals surface area contributed by atoms with Gasteiger partial charge in [-0.15, -0.1) is 0 Å². The van der Waals surface area contributed by atoms with Crippen LogP contribution in [0.5, 0.6) is 0 Å². The van der Waals surface area contributed by atoms with E-state index in [2.05, 4.69) is 116 Å². The van der Waals surface area contributed by atoms with Crippen molar-refractivity contribution in [1.82, 2.24) is 0 Å². The molecule has 0 aromatic heterocycles. The molecular formula is C78H167NO3. The lowest BCUT2D eigenvalue weighted by Gasteiger charge is -2.16. The topological polar surface area (TPSA) is 61.5 Å². The van der Waals surface area contributed by atoms with Crippen LogP contribution in [0.15, 0.2) is 72.9 Å². The lowest BCUT2D eigenvalue weighted by atomic mass is 10.0. The monoisotopic (exact) mass is 1170 g/mol. The Balaban J connectivity index is -0.000000105. The minimum Gasteiger partial charge on any atom is -0.462 e. The average molecular weight is 1170 g/mol. The molecule has 0 bridgehead atoms. The van der Waals surface area contributed by atoms with Gasteiger partial charge < -0.3 is 15.2 Å². The van der Waals surface area contributed by atoms with Gasteiger partial charge in [-0.25, -0.2) is 0 Å². The van der Waals surface area contributed by atoms with Crippen LogP contribution < -0.4 is 5.73 Å². The van der Waals surface area contributed by atoms with Crippen molar-refractivity contribution in [3.8, 4) is 0 Å². The first-order valence-corrected chi connectivity index (χ1v) is 36.7. The van der Waals surface area contributed by atoms with E-state index < -0.39 is 0 Å². The lowest BCUT2D eigenvalue weighted by molar-refractivity contribution is -0.149. The minimum absolute atomic E-state index is 0.0845. The number of hydrogen-bond acceptors (Lipinski definition) is 4. The highest BCUT2D eigenvalue weighted by molar-refractivity contribution is 5.69. The number of ether oxygens (including phenoxy) is 2. The van der Waals surface area contributed by atoms with Crippen LogP contribution in [0.1, 0.15) is 404 Å². The minimum atomic E-state index is -0.0845. The molecule has 0 heterocycles. The number of carbonyl (C=O) groups excluding carboxylic acids is 1. The maximum absolute atomic E-state index is 11.8. The molecule has 0 aliphatic heterocycles. The molecule has 0 aliphatic carbocycles. The number of rotatable bonds is 44. The van der Waals surface area contributed by atoms with Crippen molar-refractivity contribution in [3.05, 3.63) is 72.9 Å². The van der Waals surface area contributed by atoms with Crippen molar-refractivity contribution in [2.75, 3.05) is 19.8 Å². The van der Waals surface area contributed by atoms with Crippen molar-refractivity contribution in [3.63, 3.8) is 0 Å². The van der Waals surface area contributed by atoms with E-state index in [1.54, 1.807) is 0 Å². The Kier molecular flexibility index (Phi) is 188. The van der Waals surface area contributed by atoms with E-state index in [4.69, 9.17) is 15.2 Å². The molecule has 502 valence electrons. The number of hydrogen-bond donors (Lipinski definition) is 1. The van der Waals surface area contributed by atoms with Gasteiger partial charge in [0, 0.05) is 19.6 Å². The third-order valence-electron chi connectivity index (χ3n) is 11.0. The predicted octanol–water partition coefficient (Wildman–Crippen LogP) is 29.0. The molecule has 0 amide bonds. The smallest absolute Gasteiger partial charge is 0.306 e. The Morgan fingerprint density at radius 2 is 0.634 bits per heavy atom. The normalized spacial score (nSPS) is 10.3. The van der Waals surface area contributed by atoms with E-state index in [0.717, 1.165) is 51.7 Å². The molecule has 1 unspecified atom stereocenters. The molecule has 0 aromatic carbocycles. The van der Waals surface area contributed by atoms with Crippen molar-refractivity contribution in [1.29, 1.82) is 0 Å². The second-order valence-electron chi connectivity index (χ2n) is 18.5. The Labute approximate surface area is 525 Å². The fourth-order valence-electron chi connectivity index (χ4n) is 6.83. The van der Waals surface area contributed by atoms with Gasteiger partial charge >= 0.3 is 5.97 Å². The van der Waals surface area contributed by atoms with Crippen LogP contribution in [0, 0.1) is 0 Å². The van der Waals surface area contributed by atoms with E-state index in [9.17, 15) is 4.79 Å². The predicted molar refractivity (Wildman–Crippen MR) is 392 cm³/mol. The molecule has 4 heteroatoms. The maximum Gasteiger partial charge on any atom is 0.306 e. The highest BCUT2D eigenvalue weighted by atomic mass is 16.5. The largest absolute Gasteiger partial charge is 0.462 e. The summed E-state index contributed by atoms with van der Waals surface area (Å²) < 4.78 is 11.1. The molecule has 0 rings (SSSR count). The Bertz CT molecular complexity index is 1020. The summed E-state index contributed by atoms with van der Waals surface area (Å²) >= 11 is 0. The molecular weight excluding hydrogens is 999 g/mol. The van der Waals surface area contributed by atoms with Crippen LogP contribution >= 0.6 is 0 Å². The fraction of sp³-hybridized carbons (Fsp3) is 0.833. The summed E-state index contributed by atoms with van der Waals surface area (Å²) in [5.74, 6) is -0.0845. The molecule has 0 radical (unpaired) electrons. The van der Waals surface area contributed by atoms with Gasteiger partial charge in [0.05, 0.1) is 0 Å². The summed E-state index contributed by atoms with van der Waals surface area (Å²) in [7, 11) is 0. The van der Waals surface area contributed by atoms with Gasteiger partial charge in [0.15, 0.2) is 0 Å². The second-order valence-corrected chi connectivity index (χ2v) is 18.5. The number of carbonyl (C=O) groups is 1. The van der Waals surface area contributed by atoms with Crippen LogP contribution in [-0.2, 0) is 14.3 Å². The molecule has 0 saturated carbocycles. The van der Waals surface area contributed by atoms with Crippen molar-refractivity contribution in [2.24, 2.45) is 5.73 Å². The highest BCUT2D eigenvalue weighted by Crippen LogP contribution is 2.15. The van der Waals surface area contributed by atoms with Gasteiger partial charge in [-0.1, -0.05) is 334 Å². The molecule has 82 heavy (non-hydrogen) atoms. The molecule has 4 nitrogen and oxygen atoms in total. The molecule has 0 saturated heterocycles. The van der Waals surface area contributed by atoms with Gasteiger partial charge in [0.2, 0.25) is 0 Å². The zero-order valence-electron chi connectivity index (χ0n) is 62.1. The molecule has 2 N–H and O–H groups in total. The molecule has 0 spiro atoms. The van der Waals surface area contributed by atoms with E-state index in [1.165, 1.54) is 193 Å². The van der Waals surface area contributed by atoms with E-state index in [1.807, 2.05) is 123 Å². The van der Waals surface area contributed by atoms with Crippen LogP contribution in [0.3, 0.4) is 0 Å². The molecule has 0 aliphatic rings. The van der Waals surface area contributed by atoms with Gasteiger partial charge in [-0.3, -0.25) is 4.79 Å². The first-order chi connectivity index (χ1) is 40.4. The summed E-state index contributed by atoms with van der Waals surface area (Å²) in [5.41, 5.74) is 5.46. The summed E-state index contributed by atoms with van der Waals surface area (Å²) in [6.45, 7) is 51.7. The average Bonchev–Trinajstić information content (AvgIpc) is 3.53. The van der Waals surface area contributed by atoms with E-state index in [-0.39, 0.29) is 12.1 Å². The van der Waals surface area contributed by atoms with E-state index >= 15 is 0 Å². The van der Waals surface area contributed by atoms with E-state index in [0.29, 0.717) is 13.0 Å². The maximum atomic E-state index is 11.8. The summed E-state index contributed by atoms with van der Waals surface area (Å²) in [6.07, 6.45) is 73.1. The lowest BCUT2D eigenvalue weighted by Crippen LogP contribution is -2.18. The molecule has 1 atom stereocenters. The fourth-order valence-corrected chi connectivity index (χ4v) is 6.83. The SMILES string of the molecule is C/C=C\C.C/C=C\CCCCCOCCCCC.CC.CC.CC.CC.CC.CC.CC.CCC.CCC.CCCCCCCC/C=C\C/C=C\CCCCCCCC/C=C\C/C=C\CCCCCCCCC(CC)OC(=O)CCCN. The van der Waals surface area contributed by atoms with Crippen LogP contribution in [-0.4, -0.2) is 31.8 Å². The van der Waals surface area contributed by atoms with Crippen LogP contribution in [0.2, 0.25) is 0 Å². The summed E-state index contributed by atoms with van der Waals surface area (Å²) in [6, 6.07) is 0. The standard InChI is InChI=1S/C41H75NO2.C13H26O.C4H8.2C3H8.7C2H6/c1-3-5-6-7-8-9-10-11-12-13-14-15-16-17-18-19-20-21-22-23-24-25-26-27-28-29-30-31-32-33-34-35-37-40(4-2)44-41(43)38-36-39-42;1-3-5-7-8-9-11-13-14-12-10-6-4-2;1-3-4-2;2*1-3-2;7*1-2/h11-12,14-15,24-25,27-28,40H,3-10,13,16-23,26,29-39,42H2,1-2H3;3,5H,4,6-13H2,1-2H3;3-4H,1-2H3;2*3H2,1-2H3;7*1-2H3/b12-11-,15-14-,25-24-,28-27-;5-3-;4-3-;;;;;;;;;. The third-order valence-corrected chi connectivity index (χ3v) is 11.0. The Hall–Kier alpha value is -2.17. The quantitative estimate of drug-likeness (QED) is 0.0375. The van der Waals surface area contributed by atoms with Gasteiger partial charge in [0.1, 0.15) is 6.10 Å². The number of allylic oxidation sites excluding steroid dienone is 12. The van der Waals surface area contributed by atoms with Crippen molar-refractivity contribution < 1.29 is 14.3 Å². The Morgan fingerprint density at radius 3 is 0.939 bits per heavy atom. The number of esters is 1. The first kappa shape index (κ1) is 108. The van der Waals surface area contributed by atoms with Gasteiger partial charge in [0.25, 0.3) is 0 Å². The second kappa shape index (κ2) is 143. The van der Waals surface area contributed by atoms with Gasteiger partial charge in [-0.2, -0.15) is 0 Å². The van der Waals surface area contributed by atoms with Gasteiger partial charge in [-0.05, 0) is 143 Å². The van der Waals surface area contributed by atoms with Crippen LogP contribution in [0.4, 0.5) is 0 Å². The zero-order chi connectivity index (χ0) is 65.3. The van der Waals surface area contributed by atoms with Crippen molar-refractivity contribution >= 4 is 5.97 Å². The highest BCUT2D eigenvalue weighted by Gasteiger charge is 2.11. The van der Waals surface area contributed by atoms with Crippen molar-refractivity contribution in [2.45, 2.75) is 410 Å². The Morgan fingerprint density at radius 1 is 0.354 bits per heavy atom.